The summed E-state index contributed by atoms with van der Waals surface area (Å²) in [6.45, 7) is 1.88. The van der Waals surface area contributed by atoms with E-state index in [-0.39, 0.29) is 5.82 Å². The minimum absolute atomic E-state index is 0.228. The van der Waals surface area contributed by atoms with Crippen molar-refractivity contribution in [3.63, 3.8) is 0 Å². The maximum atomic E-state index is 13.4. The Balaban J connectivity index is 2.12. The molecule has 0 amide bonds. The average molecular weight is 260 g/mol. The summed E-state index contributed by atoms with van der Waals surface area (Å²) in [5, 5.41) is 0. The van der Waals surface area contributed by atoms with E-state index in [2.05, 4.69) is 9.97 Å². The van der Waals surface area contributed by atoms with Gasteiger partial charge in [-0.3, -0.25) is 0 Å². The largest absolute Gasteiger partial charge is 0.343 e. The molecule has 4 heteroatoms. The quantitative estimate of drug-likeness (QED) is 0.822. The highest BCUT2D eigenvalue weighted by atomic mass is 32.1. The van der Waals surface area contributed by atoms with Gasteiger partial charge >= 0.3 is 0 Å². The molecule has 1 aliphatic rings. The Hall–Kier alpha value is -1.55. The summed E-state index contributed by atoms with van der Waals surface area (Å²) in [4.78, 5) is 7.61. The molecule has 1 aromatic carbocycles. The van der Waals surface area contributed by atoms with Crippen molar-refractivity contribution in [2.24, 2.45) is 0 Å². The number of hydrogen-bond acceptors (Lipinski definition) is 2. The van der Waals surface area contributed by atoms with Gasteiger partial charge in [-0.15, -0.1) is 0 Å². The predicted molar refractivity (Wildman–Crippen MR) is 71.5 cm³/mol. The van der Waals surface area contributed by atoms with Gasteiger partial charge in [-0.25, -0.2) is 9.37 Å². The second-order valence-electron chi connectivity index (χ2n) is 4.81. The average Bonchev–Trinajstić information content (AvgIpc) is 3.10. The first-order valence-electron chi connectivity index (χ1n) is 6.00. The van der Waals surface area contributed by atoms with Gasteiger partial charge in [0.1, 0.15) is 16.3 Å². The lowest BCUT2D eigenvalue weighted by atomic mass is 10.1. The molecule has 0 saturated heterocycles. The van der Waals surface area contributed by atoms with E-state index >= 15 is 0 Å². The van der Waals surface area contributed by atoms with Gasteiger partial charge in [0.2, 0.25) is 0 Å². The highest BCUT2D eigenvalue weighted by Crippen LogP contribution is 2.38. The zero-order chi connectivity index (χ0) is 12.7. The van der Waals surface area contributed by atoms with E-state index in [0.29, 0.717) is 10.6 Å². The first-order valence-corrected chi connectivity index (χ1v) is 6.41. The third kappa shape index (κ3) is 2.34. The summed E-state index contributed by atoms with van der Waals surface area (Å²) in [5.41, 5.74) is 2.57. The zero-order valence-corrected chi connectivity index (χ0v) is 10.9. The number of H-pyrrole nitrogens is 1. The third-order valence-corrected chi connectivity index (χ3v) is 3.29. The van der Waals surface area contributed by atoms with Crippen LogP contribution in [0.2, 0.25) is 0 Å². The normalized spacial score (nSPS) is 14.8. The molecule has 0 aliphatic heterocycles. The van der Waals surface area contributed by atoms with Gasteiger partial charge in [0, 0.05) is 17.2 Å². The summed E-state index contributed by atoms with van der Waals surface area (Å²) >= 11 is 5.17. The number of halogens is 1. The fraction of sp³-hybridized carbons (Fsp3) is 0.286. The number of rotatable bonds is 2. The van der Waals surface area contributed by atoms with Gasteiger partial charge in [-0.2, -0.15) is 0 Å². The van der Waals surface area contributed by atoms with Gasteiger partial charge < -0.3 is 4.98 Å². The zero-order valence-electron chi connectivity index (χ0n) is 10.0. The van der Waals surface area contributed by atoms with Crippen LogP contribution in [0.25, 0.3) is 11.3 Å². The number of aromatic amines is 1. The summed E-state index contributed by atoms with van der Waals surface area (Å²) in [6, 6.07) is 6.77. The minimum atomic E-state index is -0.228. The molecular weight excluding hydrogens is 247 g/mol. The van der Waals surface area contributed by atoms with E-state index < -0.39 is 0 Å². The topological polar surface area (TPSA) is 28.7 Å². The molecule has 0 atom stereocenters. The molecule has 1 N–H and O–H groups in total. The van der Waals surface area contributed by atoms with Gasteiger partial charge in [-0.05, 0) is 49.6 Å². The number of benzene rings is 1. The van der Waals surface area contributed by atoms with Crippen molar-refractivity contribution >= 4 is 12.2 Å². The standard InChI is InChI=1S/C14H13FN2S/c1-8-4-10(6-11(15)5-8)12-7-13(18)17-14(16-12)9-2-3-9/h4-7,9H,2-3H2,1H3,(H,16,17,18). The van der Waals surface area contributed by atoms with Crippen molar-refractivity contribution in [2.45, 2.75) is 25.7 Å². The molecule has 1 fully saturated rings. The number of nitrogens with one attached hydrogen (secondary N) is 1. The fourth-order valence-electron chi connectivity index (χ4n) is 2.07. The Morgan fingerprint density at radius 2 is 2.06 bits per heavy atom. The van der Waals surface area contributed by atoms with Crippen molar-refractivity contribution < 1.29 is 4.39 Å². The van der Waals surface area contributed by atoms with Crippen LogP contribution >= 0.6 is 12.2 Å². The molecule has 1 heterocycles. The van der Waals surface area contributed by atoms with Crippen LogP contribution in [-0.2, 0) is 0 Å². The smallest absolute Gasteiger partial charge is 0.130 e. The number of nitrogens with zero attached hydrogens (tertiary/aromatic N) is 1. The van der Waals surface area contributed by atoms with E-state index in [1.807, 2.05) is 13.0 Å². The molecule has 2 nitrogen and oxygen atoms in total. The van der Waals surface area contributed by atoms with Crippen LogP contribution in [-0.4, -0.2) is 9.97 Å². The van der Waals surface area contributed by atoms with Gasteiger partial charge in [0.05, 0.1) is 0 Å². The van der Waals surface area contributed by atoms with Crippen LogP contribution in [0.3, 0.4) is 0 Å². The van der Waals surface area contributed by atoms with Crippen LogP contribution in [0.15, 0.2) is 24.3 Å². The van der Waals surface area contributed by atoms with E-state index in [1.165, 1.54) is 12.1 Å². The van der Waals surface area contributed by atoms with Gasteiger partial charge in [0.25, 0.3) is 0 Å². The monoisotopic (exact) mass is 260 g/mol. The Morgan fingerprint density at radius 3 is 2.72 bits per heavy atom. The Bertz CT molecular complexity index is 639. The summed E-state index contributed by atoms with van der Waals surface area (Å²) < 4.78 is 14.0. The van der Waals surface area contributed by atoms with E-state index in [9.17, 15) is 4.39 Å². The molecule has 2 aromatic rings. The molecule has 0 spiro atoms. The molecule has 1 saturated carbocycles. The Morgan fingerprint density at radius 1 is 1.28 bits per heavy atom. The van der Waals surface area contributed by atoms with Crippen LogP contribution in [0.4, 0.5) is 4.39 Å². The first-order chi connectivity index (χ1) is 8.61. The van der Waals surface area contributed by atoms with Crippen molar-refractivity contribution in [3.8, 4) is 11.3 Å². The molecule has 1 aliphatic carbocycles. The fourth-order valence-corrected chi connectivity index (χ4v) is 2.29. The number of aromatic nitrogens is 2. The van der Waals surface area contributed by atoms with Crippen molar-refractivity contribution in [1.82, 2.24) is 9.97 Å². The molecule has 0 unspecified atom stereocenters. The molecule has 0 radical (unpaired) electrons. The van der Waals surface area contributed by atoms with Crippen molar-refractivity contribution in [3.05, 3.63) is 46.1 Å². The SMILES string of the molecule is Cc1cc(F)cc(-c2cc(=S)nc(C3CC3)[nH]2)c1. The molecule has 92 valence electrons. The van der Waals surface area contributed by atoms with E-state index in [4.69, 9.17) is 12.2 Å². The second-order valence-corrected chi connectivity index (χ2v) is 5.23. The summed E-state index contributed by atoms with van der Waals surface area (Å²) in [7, 11) is 0. The lowest BCUT2D eigenvalue weighted by Crippen LogP contribution is -1.96. The van der Waals surface area contributed by atoms with Crippen molar-refractivity contribution in [2.75, 3.05) is 0 Å². The first kappa shape index (κ1) is 11.5. The van der Waals surface area contributed by atoms with Crippen LogP contribution < -0.4 is 0 Å². The molecular formula is C14H13FN2S. The minimum Gasteiger partial charge on any atom is -0.343 e. The maximum absolute atomic E-state index is 13.4. The van der Waals surface area contributed by atoms with E-state index in [0.717, 1.165) is 35.5 Å². The maximum Gasteiger partial charge on any atom is 0.130 e. The van der Waals surface area contributed by atoms with Crippen LogP contribution in [0.1, 0.15) is 30.1 Å². The number of aryl methyl sites for hydroxylation is 1. The van der Waals surface area contributed by atoms with Crippen LogP contribution in [0, 0.1) is 17.4 Å². The Labute approximate surface area is 110 Å². The van der Waals surface area contributed by atoms with E-state index in [1.54, 1.807) is 6.07 Å². The lowest BCUT2D eigenvalue weighted by molar-refractivity contribution is 0.627. The second kappa shape index (κ2) is 4.28. The van der Waals surface area contributed by atoms with Gasteiger partial charge in [-0.1, -0.05) is 12.2 Å². The van der Waals surface area contributed by atoms with Crippen LogP contribution in [0.5, 0.6) is 0 Å². The number of hydrogen-bond donors (Lipinski definition) is 1. The van der Waals surface area contributed by atoms with Crippen molar-refractivity contribution in [1.29, 1.82) is 0 Å². The highest BCUT2D eigenvalue weighted by molar-refractivity contribution is 7.71. The molecule has 18 heavy (non-hydrogen) atoms. The molecule has 1 aromatic heterocycles. The third-order valence-electron chi connectivity index (χ3n) is 3.08. The lowest BCUT2D eigenvalue weighted by Gasteiger charge is -2.06. The molecule has 0 bridgehead atoms. The highest BCUT2D eigenvalue weighted by Gasteiger charge is 2.26. The summed E-state index contributed by atoms with van der Waals surface area (Å²) in [6.07, 6.45) is 2.31. The molecule has 3 rings (SSSR count). The predicted octanol–water partition coefficient (Wildman–Crippen LogP) is 4.13. The summed E-state index contributed by atoms with van der Waals surface area (Å²) in [5.74, 6) is 1.20. The Kier molecular flexibility index (Phi) is 2.74. The van der Waals surface area contributed by atoms with Gasteiger partial charge in [0.15, 0.2) is 0 Å².